The minimum Gasteiger partial charge on any atom is -0.350 e. The Hall–Kier alpha value is -2.31. The van der Waals surface area contributed by atoms with Gasteiger partial charge >= 0.3 is 0 Å². The molecule has 0 bridgehead atoms. The van der Waals surface area contributed by atoms with Crippen molar-refractivity contribution in [2.75, 3.05) is 13.1 Å². The lowest BCUT2D eigenvalue weighted by atomic mass is 10.1. The van der Waals surface area contributed by atoms with E-state index in [9.17, 15) is 4.79 Å². The summed E-state index contributed by atoms with van der Waals surface area (Å²) in [5, 5.41) is 12.8. The summed E-state index contributed by atoms with van der Waals surface area (Å²) < 4.78 is 1.78. The number of nitrogens with zero attached hydrogens (tertiary/aromatic N) is 2. The smallest absolute Gasteiger partial charge is 0.244 e. The van der Waals surface area contributed by atoms with Crippen molar-refractivity contribution in [3.63, 3.8) is 0 Å². The average Bonchev–Trinajstić information content (AvgIpc) is 3.09. The molecule has 1 aliphatic rings. The van der Waals surface area contributed by atoms with Crippen LogP contribution in [0.4, 0.5) is 0 Å². The highest BCUT2D eigenvalue weighted by molar-refractivity contribution is 6.35. The van der Waals surface area contributed by atoms with Gasteiger partial charge in [-0.25, -0.2) is 4.68 Å². The van der Waals surface area contributed by atoms with Gasteiger partial charge in [0.15, 0.2) is 0 Å². The van der Waals surface area contributed by atoms with Gasteiger partial charge in [0.1, 0.15) is 0 Å². The minimum absolute atomic E-state index is 0.122. The third-order valence-electron chi connectivity index (χ3n) is 5.49. The van der Waals surface area contributed by atoms with E-state index in [1.165, 1.54) is 6.08 Å². The maximum atomic E-state index is 12.5. The van der Waals surface area contributed by atoms with E-state index in [0.717, 1.165) is 42.8 Å². The summed E-state index contributed by atoms with van der Waals surface area (Å²) >= 11 is 18.7. The van der Waals surface area contributed by atoms with Crippen molar-refractivity contribution in [1.29, 1.82) is 0 Å². The Morgan fingerprint density at radius 3 is 2.47 bits per heavy atom. The van der Waals surface area contributed by atoms with Crippen LogP contribution in [0.15, 0.2) is 48.5 Å². The average molecular weight is 490 g/mol. The molecule has 0 spiro atoms. The first-order valence-electron chi connectivity index (χ1n) is 10.4. The van der Waals surface area contributed by atoms with Crippen LogP contribution >= 0.6 is 34.8 Å². The summed E-state index contributed by atoms with van der Waals surface area (Å²) in [6, 6.07) is 13.0. The summed E-state index contributed by atoms with van der Waals surface area (Å²) in [6.45, 7) is 3.82. The number of hydrogen-bond acceptors (Lipinski definition) is 3. The molecule has 0 saturated carbocycles. The van der Waals surface area contributed by atoms with Gasteiger partial charge in [-0.05, 0) is 69.3 Å². The van der Waals surface area contributed by atoms with Crippen LogP contribution in [0.3, 0.4) is 0 Å². The Morgan fingerprint density at radius 2 is 1.78 bits per heavy atom. The molecule has 0 radical (unpaired) electrons. The number of carbonyl (C=O) groups is 1. The molecule has 1 aromatic heterocycles. The van der Waals surface area contributed by atoms with Crippen molar-refractivity contribution in [3.8, 4) is 16.9 Å². The van der Waals surface area contributed by atoms with Crippen LogP contribution in [0.1, 0.15) is 24.1 Å². The highest BCUT2D eigenvalue weighted by Gasteiger charge is 2.19. The fraction of sp³-hybridized carbons (Fsp3) is 0.250. The summed E-state index contributed by atoms with van der Waals surface area (Å²) in [6.07, 6.45) is 5.15. The van der Waals surface area contributed by atoms with Crippen molar-refractivity contribution < 1.29 is 4.79 Å². The standard InChI is InChI=1S/C24H23Cl3N4O/c1-15-21(7-9-23(32)29-19-10-12-28-13-11-19)30-31(22-8-6-18(26)14-20(22)27)24(15)16-2-4-17(25)5-3-16/h2-9,14,19,28H,10-13H2,1H3,(H,29,32)/b9-7+. The quantitative estimate of drug-likeness (QED) is 0.453. The van der Waals surface area contributed by atoms with Gasteiger partial charge in [-0.2, -0.15) is 5.10 Å². The number of piperidine rings is 1. The molecular formula is C24H23Cl3N4O. The number of halogens is 3. The first kappa shape index (κ1) is 22.9. The van der Waals surface area contributed by atoms with E-state index >= 15 is 0 Å². The van der Waals surface area contributed by atoms with Gasteiger partial charge in [-0.1, -0.05) is 46.9 Å². The van der Waals surface area contributed by atoms with E-state index in [0.29, 0.717) is 26.4 Å². The van der Waals surface area contributed by atoms with Gasteiger partial charge < -0.3 is 10.6 Å². The van der Waals surface area contributed by atoms with Gasteiger partial charge in [-0.3, -0.25) is 4.79 Å². The van der Waals surface area contributed by atoms with Gasteiger partial charge in [0, 0.05) is 33.3 Å². The first-order valence-corrected chi connectivity index (χ1v) is 11.6. The van der Waals surface area contributed by atoms with Crippen molar-refractivity contribution in [1.82, 2.24) is 20.4 Å². The van der Waals surface area contributed by atoms with Crippen LogP contribution in [0.2, 0.25) is 15.1 Å². The summed E-state index contributed by atoms with van der Waals surface area (Å²) in [4.78, 5) is 12.5. The van der Waals surface area contributed by atoms with E-state index in [-0.39, 0.29) is 11.9 Å². The Labute approximate surface area is 202 Å². The zero-order chi connectivity index (χ0) is 22.7. The van der Waals surface area contributed by atoms with Crippen LogP contribution < -0.4 is 10.6 Å². The fourth-order valence-electron chi connectivity index (χ4n) is 3.82. The lowest BCUT2D eigenvalue weighted by molar-refractivity contribution is -0.117. The third-order valence-corrected chi connectivity index (χ3v) is 6.28. The zero-order valence-electron chi connectivity index (χ0n) is 17.5. The van der Waals surface area contributed by atoms with Crippen molar-refractivity contribution in [2.24, 2.45) is 0 Å². The molecule has 4 rings (SSSR count). The highest BCUT2D eigenvalue weighted by atomic mass is 35.5. The monoisotopic (exact) mass is 488 g/mol. The maximum absolute atomic E-state index is 12.5. The molecule has 1 fully saturated rings. The van der Waals surface area contributed by atoms with E-state index in [1.54, 1.807) is 22.9 Å². The van der Waals surface area contributed by atoms with E-state index in [4.69, 9.17) is 39.9 Å². The number of benzene rings is 2. The molecular weight excluding hydrogens is 467 g/mol. The zero-order valence-corrected chi connectivity index (χ0v) is 19.8. The largest absolute Gasteiger partial charge is 0.350 e. The Bertz CT molecular complexity index is 1150. The topological polar surface area (TPSA) is 59.0 Å². The minimum atomic E-state index is -0.122. The molecule has 0 aliphatic carbocycles. The Kier molecular flexibility index (Phi) is 7.21. The second-order valence-electron chi connectivity index (χ2n) is 7.74. The van der Waals surface area contributed by atoms with Crippen LogP contribution in [-0.4, -0.2) is 34.8 Å². The molecule has 32 heavy (non-hydrogen) atoms. The third kappa shape index (κ3) is 5.18. The van der Waals surface area contributed by atoms with Crippen molar-refractivity contribution in [3.05, 3.63) is 74.9 Å². The highest BCUT2D eigenvalue weighted by Crippen LogP contribution is 2.33. The lowest BCUT2D eigenvalue weighted by Gasteiger charge is -2.22. The fourth-order valence-corrected chi connectivity index (χ4v) is 4.43. The van der Waals surface area contributed by atoms with Crippen LogP contribution in [0.25, 0.3) is 23.0 Å². The van der Waals surface area contributed by atoms with Crippen LogP contribution in [-0.2, 0) is 4.79 Å². The second kappa shape index (κ2) is 10.1. The molecule has 0 atom stereocenters. The Balaban J connectivity index is 1.70. The molecule has 2 heterocycles. The van der Waals surface area contributed by atoms with Crippen molar-refractivity contribution in [2.45, 2.75) is 25.8 Å². The predicted molar refractivity (Wildman–Crippen MR) is 132 cm³/mol. The molecule has 2 aromatic carbocycles. The summed E-state index contributed by atoms with van der Waals surface area (Å²) in [7, 11) is 0. The molecule has 3 aromatic rings. The van der Waals surface area contributed by atoms with Crippen LogP contribution in [0, 0.1) is 6.92 Å². The number of nitrogens with one attached hydrogen (secondary N) is 2. The van der Waals surface area contributed by atoms with Crippen LogP contribution in [0.5, 0.6) is 0 Å². The number of carbonyl (C=O) groups excluding carboxylic acids is 1. The molecule has 2 N–H and O–H groups in total. The SMILES string of the molecule is Cc1c(/C=C/C(=O)NC2CCNCC2)nn(-c2ccc(Cl)cc2Cl)c1-c1ccc(Cl)cc1. The van der Waals surface area contributed by atoms with E-state index in [1.807, 2.05) is 37.3 Å². The molecule has 166 valence electrons. The van der Waals surface area contributed by atoms with Gasteiger partial charge in [0.05, 0.1) is 22.1 Å². The molecule has 1 amide bonds. The van der Waals surface area contributed by atoms with E-state index in [2.05, 4.69) is 10.6 Å². The maximum Gasteiger partial charge on any atom is 0.244 e. The molecule has 0 unspecified atom stereocenters. The predicted octanol–water partition coefficient (Wildman–Crippen LogP) is 5.69. The van der Waals surface area contributed by atoms with Crippen molar-refractivity contribution >= 4 is 46.8 Å². The summed E-state index contributed by atoms with van der Waals surface area (Å²) in [5.41, 5.74) is 4.10. The second-order valence-corrected chi connectivity index (χ2v) is 9.02. The number of hydrogen-bond donors (Lipinski definition) is 2. The molecule has 1 saturated heterocycles. The van der Waals surface area contributed by atoms with Gasteiger partial charge in [-0.15, -0.1) is 0 Å². The first-order chi connectivity index (χ1) is 15.4. The Morgan fingerprint density at radius 1 is 1.09 bits per heavy atom. The van der Waals surface area contributed by atoms with E-state index < -0.39 is 0 Å². The number of amides is 1. The molecule has 1 aliphatic heterocycles. The molecule has 8 heteroatoms. The molecule has 5 nitrogen and oxygen atoms in total. The van der Waals surface area contributed by atoms with Gasteiger partial charge in [0.25, 0.3) is 0 Å². The number of rotatable bonds is 5. The number of aromatic nitrogens is 2. The normalized spacial score (nSPS) is 14.8. The van der Waals surface area contributed by atoms with Gasteiger partial charge in [0.2, 0.25) is 5.91 Å². The summed E-state index contributed by atoms with van der Waals surface area (Å²) in [5.74, 6) is -0.122. The lowest BCUT2D eigenvalue weighted by Crippen LogP contribution is -2.42.